The maximum Gasteiger partial charge on any atom is 0.211 e. The lowest BCUT2D eigenvalue weighted by molar-refractivity contribution is 0.181. The van der Waals surface area contributed by atoms with Crippen molar-refractivity contribution in [1.29, 1.82) is 0 Å². The zero-order chi connectivity index (χ0) is 9.19. The first-order chi connectivity index (χ1) is 5.53. The van der Waals surface area contributed by atoms with Gasteiger partial charge in [-0.1, -0.05) is 0 Å². The molecule has 0 radical (unpaired) electrons. The Morgan fingerprint density at radius 3 is 2.58 bits per heavy atom. The zero-order valence-corrected chi connectivity index (χ0v) is 7.97. The van der Waals surface area contributed by atoms with Gasteiger partial charge in [-0.2, -0.15) is 0 Å². The summed E-state index contributed by atoms with van der Waals surface area (Å²) in [6, 6.07) is -0.0510. The van der Waals surface area contributed by atoms with Crippen LogP contribution in [0.1, 0.15) is 26.2 Å². The van der Waals surface area contributed by atoms with Crippen LogP contribution in [0.15, 0.2) is 0 Å². The Morgan fingerprint density at radius 1 is 1.50 bits per heavy atom. The molecule has 0 aromatic heterocycles. The molecule has 1 aliphatic rings. The highest BCUT2D eigenvalue weighted by molar-refractivity contribution is 7.89. The molecule has 0 amide bonds. The van der Waals surface area contributed by atoms with Gasteiger partial charge in [-0.25, -0.2) is 13.1 Å². The highest BCUT2D eigenvalue weighted by Gasteiger charge is 2.25. The number of hydrogen-bond acceptors (Lipinski definition) is 3. The van der Waals surface area contributed by atoms with Gasteiger partial charge >= 0.3 is 0 Å². The lowest BCUT2D eigenvalue weighted by Gasteiger charge is -2.10. The molecule has 0 aliphatic heterocycles. The van der Waals surface area contributed by atoms with Crippen LogP contribution in [0, 0.1) is 0 Å². The van der Waals surface area contributed by atoms with Crippen LogP contribution >= 0.6 is 0 Å². The second-order valence-corrected chi connectivity index (χ2v) is 5.23. The van der Waals surface area contributed by atoms with Crippen LogP contribution in [0.4, 0.5) is 0 Å². The molecule has 0 aromatic carbocycles. The summed E-state index contributed by atoms with van der Waals surface area (Å²) in [5.74, 6) is 0.111. The van der Waals surface area contributed by atoms with Crippen molar-refractivity contribution >= 4 is 10.0 Å². The smallest absolute Gasteiger partial charge is 0.211 e. The van der Waals surface area contributed by atoms with E-state index in [9.17, 15) is 8.42 Å². The number of hydrogen-bond donors (Lipinski definition) is 2. The third-order valence-electron chi connectivity index (χ3n) is 2.13. The van der Waals surface area contributed by atoms with Crippen LogP contribution in [0.2, 0.25) is 0 Å². The minimum atomic E-state index is -3.09. The van der Waals surface area contributed by atoms with Crippen LogP contribution in [0.5, 0.6) is 0 Å². The summed E-state index contributed by atoms with van der Waals surface area (Å²) in [5, 5.41) is 9.13. The molecule has 2 N–H and O–H groups in total. The Balaban J connectivity index is 2.43. The molecule has 12 heavy (non-hydrogen) atoms. The summed E-state index contributed by atoms with van der Waals surface area (Å²) in [7, 11) is -3.09. The number of aliphatic hydroxyl groups excluding tert-OH is 1. The van der Waals surface area contributed by atoms with E-state index in [0.29, 0.717) is 12.8 Å². The van der Waals surface area contributed by atoms with Gasteiger partial charge in [0.1, 0.15) is 0 Å². The van der Waals surface area contributed by atoms with Crippen molar-refractivity contribution in [3.63, 3.8) is 0 Å². The third-order valence-corrected chi connectivity index (χ3v) is 3.58. The monoisotopic (exact) mass is 193 g/mol. The summed E-state index contributed by atoms with van der Waals surface area (Å²) in [6.07, 6.45) is 1.69. The van der Waals surface area contributed by atoms with Crippen molar-refractivity contribution < 1.29 is 13.5 Å². The van der Waals surface area contributed by atoms with Crippen molar-refractivity contribution in [1.82, 2.24) is 4.72 Å². The fourth-order valence-corrected chi connectivity index (χ4v) is 2.29. The van der Waals surface area contributed by atoms with Crippen molar-refractivity contribution in [2.45, 2.75) is 38.3 Å². The lowest BCUT2D eigenvalue weighted by Crippen LogP contribution is -2.34. The standard InChI is InChI=1S/C7H15NO3S/c1-2-12(10,11)8-6-3-4-7(9)5-6/h6-9H,2-5H2,1H3/t6-,7+/m0/s1. The Hall–Kier alpha value is -0.130. The molecule has 5 heteroatoms. The van der Waals surface area contributed by atoms with Crippen LogP contribution in [0.3, 0.4) is 0 Å². The first-order valence-electron chi connectivity index (χ1n) is 4.21. The summed E-state index contributed by atoms with van der Waals surface area (Å²) in [4.78, 5) is 0. The molecule has 0 aromatic rings. The van der Waals surface area contributed by atoms with Gasteiger partial charge in [0.2, 0.25) is 10.0 Å². The first-order valence-corrected chi connectivity index (χ1v) is 5.87. The number of aliphatic hydroxyl groups is 1. The van der Waals surface area contributed by atoms with Crippen molar-refractivity contribution in [2.75, 3.05) is 5.75 Å². The lowest BCUT2D eigenvalue weighted by atomic mass is 10.3. The van der Waals surface area contributed by atoms with Crippen LogP contribution < -0.4 is 4.72 Å². The van der Waals surface area contributed by atoms with Gasteiger partial charge in [0, 0.05) is 6.04 Å². The highest BCUT2D eigenvalue weighted by atomic mass is 32.2. The molecule has 2 atom stereocenters. The second kappa shape index (κ2) is 3.72. The van der Waals surface area contributed by atoms with Gasteiger partial charge in [-0.05, 0) is 26.2 Å². The fourth-order valence-electron chi connectivity index (χ4n) is 1.40. The molecule has 1 fully saturated rings. The van der Waals surface area contributed by atoms with Gasteiger partial charge in [0.25, 0.3) is 0 Å². The molecule has 0 unspecified atom stereocenters. The Bertz CT molecular complexity index is 237. The highest BCUT2D eigenvalue weighted by Crippen LogP contribution is 2.19. The van der Waals surface area contributed by atoms with Crippen molar-refractivity contribution in [3.05, 3.63) is 0 Å². The van der Waals surface area contributed by atoms with Gasteiger partial charge in [-0.15, -0.1) is 0 Å². The molecule has 1 rings (SSSR count). The average molecular weight is 193 g/mol. The van der Waals surface area contributed by atoms with Gasteiger partial charge < -0.3 is 5.11 Å². The minimum absolute atomic E-state index is 0.0510. The van der Waals surface area contributed by atoms with E-state index >= 15 is 0 Å². The summed E-state index contributed by atoms with van der Waals surface area (Å²) >= 11 is 0. The quantitative estimate of drug-likeness (QED) is 0.654. The van der Waals surface area contributed by atoms with E-state index in [0.717, 1.165) is 6.42 Å². The minimum Gasteiger partial charge on any atom is -0.393 e. The predicted octanol–water partition coefficient (Wildman–Crippen LogP) is -0.161. The predicted molar refractivity (Wildman–Crippen MR) is 46.2 cm³/mol. The maximum absolute atomic E-state index is 11.1. The van der Waals surface area contributed by atoms with Crippen molar-refractivity contribution in [2.24, 2.45) is 0 Å². The van der Waals surface area contributed by atoms with Crippen LogP contribution in [-0.2, 0) is 10.0 Å². The Labute approximate surface area is 73.0 Å². The van der Waals surface area contributed by atoms with E-state index in [1.165, 1.54) is 0 Å². The normalized spacial score (nSPS) is 30.8. The first kappa shape index (κ1) is 9.95. The molecule has 4 nitrogen and oxygen atoms in total. The molecule has 0 bridgehead atoms. The number of sulfonamides is 1. The maximum atomic E-state index is 11.1. The van der Waals surface area contributed by atoms with E-state index in [4.69, 9.17) is 5.11 Å². The molecule has 1 saturated carbocycles. The number of rotatable bonds is 3. The average Bonchev–Trinajstić information content (AvgIpc) is 2.35. The second-order valence-electron chi connectivity index (χ2n) is 3.19. The van der Waals surface area contributed by atoms with E-state index in [1.54, 1.807) is 6.92 Å². The number of nitrogens with one attached hydrogen (secondary N) is 1. The van der Waals surface area contributed by atoms with Crippen LogP contribution in [-0.4, -0.2) is 31.4 Å². The van der Waals surface area contributed by atoms with E-state index in [1.807, 2.05) is 0 Å². The Morgan fingerprint density at radius 2 is 2.17 bits per heavy atom. The topological polar surface area (TPSA) is 66.4 Å². The van der Waals surface area contributed by atoms with Crippen LogP contribution in [0.25, 0.3) is 0 Å². The molecule has 1 aliphatic carbocycles. The van der Waals surface area contributed by atoms with Gasteiger partial charge in [0.05, 0.1) is 11.9 Å². The van der Waals surface area contributed by atoms with E-state index < -0.39 is 10.0 Å². The molecule has 0 saturated heterocycles. The summed E-state index contributed by atoms with van der Waals surface area (Å²) in [6.45, 7) is 1.60. The molecule has 0 spiro atoms. The summed E-state index contributed by atoms with van der Waals surface area (Å²) < 4.78 is 24.7. The fraction of sp³-hybridized carbons (Fsp3) is 1.00. The van der Waals surface area contributed by atoms with Crippen molar-refractivity contribution in [3.8, 4) is 0 Å². The Kier molecular flexibility index (Phi) is 3.09. The van der Waals surface area contributed by atoms with Gasteiger partial charge in [-0.3, -0.25) is 0 Å². The largest absolute Gasteiger partial charge is 0.393 e. The zero-order valence-electron chi connectivity index (χ0n) is 7.16. The summed E-state index contributed by atoms with van der Waals surface area (Å²) in [5.41, 5.74) is 0. The molecular weight excluding hydrogens is 178 g/mol. The molecule has 0 heterocycles. The van der Waals surface area contributed by atoms with E-state index in [2.05, 4.69) is 4.72 Å². The third kappa shape index (κ3) is 2.73. The van der Waals surface area contributed by atoms with Gasteiger partial charge in [0.15, 0.2) is 0 Å². The molecule has 72 valence electrons. The van der Waals surface area contributed by atoms with E-state index in [-0.39, 0.29) is 17.9 Å². The molecular formula is C7H15NO3S. The SMILES string of the molecule is CCS(=O)(=O)N[C@H]1CC[C@@H](O)C1.